The summed E-state index contributed by atoms with van der Waals surface area (Å²) in [6.45, 7) is 1.73. The lowest BCUT2D eigenvalue weighted by atomic mass is 9.67. The Bertz CT molecular complexity index is 1750. The molecule has 1 heterocycles. The van der Waals surface area contributed by atoms with Crippen LogP contribution in [0, 0.1) is 0 Å². The highest BCUT2D eigenvalue weighted by Crippen LogP contribution is 2.54. The molecule has 0 bridgehead atoms. The minimum Gasteiger partial charge on any atom is -0.497 e. The largest absolute Gasteiger partial charge is 0.497 e. The Balaban J connectivity index is 1.71. The van der Waals surface area contributed by atoms with Gasteiger partial charge in [0.2, 0.25) is 0 Å². The normalized spacial score (nSPS) is 17.2. The molecule has 0 saturated heterocycles. The van der Waals surface area contributed by atoms with Gasteiger partial charge in [0.1, 0.15) is 17.1 Å². The summed E-state index contributed by atoms with van der Waals surface area (Å²) in [6, 6.07) is 22.7. The molecule has 0 fully saturated rings. The van der Waals surface area contributed by atoms with Crippen molar-refractivity contribution in [2.45, 2.75) is 24.8 Å². The van der Waals surface area contributed by atoms with Gasteiger partial charge in [-0.05, 0) is 78.7 Å². The Morgan fingerprint density at radius 3 is 2.16 bits per heavy atom. The summed E-state index contributed by atoms with van der Waals surface area (Å²) in [4.78, 5) is 53.6. The number of benzene rings is 4. The Labute approximate surface area is 251 Å². The fourth-order valence-corrected chi connectivity index (χ4v) is 5.89. The molecule has 1 aliphatic heterocycles. The van der Waals surface area contributed by atoms with Gasteiger partial charge in [0.15, 0.2) is 0 Å². The van der Waals surface area contributed by atoms with Gasteiger partial charge in [0.25, 0.3) is 5.91 Å². The molecule has 43 heavy (non-hydrogen) atoms. The highest BCUT2D eigenvalue weighted by molar-refractivity contribution is 6.30. The average Bonchev–Trinajstić information content (AvgIpc) is 3.24. The summed E-state index contributed by atoms with van der Waals surface area (Å²) in [7, 11) is 1.47. The van der Waals surface area contributed by atoms with E-state index in [2.05, 4.69) is 0 Å². The standard InChI is InChI=1S/C33H26ClNO8/c1-19-33(18-29(36)37,25-9-5-3-7-23(25)32(41)43-28-10-6-4-8-24(28)31(39)40)26-17-22(42-2)15-16-27(26)35(19)30(38)20-11-13-21(34)14-12-20/h3-17,19H,18H2,1-2H3,(H,36,37)(H,39,40). The molecule has 4 aromatic carbocycles. The molecule has 0 aromatic heterocycles. The molecule has 218 valence electrons. The number of para-hydroxylation sites is 1. The summed E-state index contributed by atoms with van der Waals surface area (Å²) < 4.78 is 11.1. The van der Waals surface area contributed by atoms with Crippen LogP contribution < -0.4 is 14.4 Å². The van der Waals surface area contributed by atoms with E-state index in [9.17, 15) is 29.4 Å². The predicted octanol–water partition coefficient (Wildman–Crippen LogP) is 6.08. The highest BCUT2D eigenvalue weighted by atomic mass is 35.5. The molecule has 2 atom stereocenters. The topological polar surface area (TPSA) is 130 Å². The molecule has 2 N–H and O–H groups in total. The number of halogens is 1. The number of carbonyl (C=O) groups is 4. The number of ether oxygens (including phenoxy) is 2. The molecule has 1 aliphatic rings. The van der Waals surface area contributed by atoms with Crippen molar-refractivity contribution in [3.63, 3.8) is 0 Å². The van der Waals surface area contributed by atoms with Crippen molar-refractivity contribution >= 4 is 41.1 Å². The summed E-state index contributed by atoms with van der Waals surface area (Å²) in [6.07, 6.45) is -0.491. The minimum atomic E-state index is -1.44. The number of carboxylic acids is 2. The number of esters is 1. The van der Waals surface area contributed by atoms with Crippen molar-refractivity contribution < 1.29 is 38.9 Å². The van der Waals surface area contributed by atoms with Crippen molar-refractivity contribution in [3.8, 4) is 11.5 Å². The molecule has 0 saturated carbocycles. The molecule has 2 unspecified atom stereocenters. The van der Waals surface area contributed by atoms with E-state index in [1.165, 1.54) is 42.3 Å². The van der Waals surface area contributed by atoms with Crippen LogP contribution in [0.15, 0.2) is 91.0 Å². The number of rotatable bonds is 8. The fraction of sp³-hybridized carbons (Fsp3) is 0.152. The number of methoxy groups -OCH3 is 1. The van der Waals surface area contributed by atoms with Gasteiger partial charge in [0, 0.05) is 22.3 Å². The first-order valence-corrected chi connectivity index (χ1v) is 13.6. The van der Waals surface area contributed by atoms with Gasteiger partial charge in [-0.1, -0.05) is 41.9 Å². The molecule has 5 rings (SSSR count). The number of fused-ring (bicyclic) bond motifs is 1. The summed E-state index contributed by atoms with van der Waals surface area (Å²) in [5, 5.41) is 20.3. The SMILES string of the molecule is COc1ccc2c(c1)C(CC(=O)O)(c1ccccc1C(=O)Oc1ccccc1C(=O)O)C(C)N2C(=O)c1ccc(Cl)cc1. The van der Waals surface area contributed by atoms with Crippen LogP contribution in [0.4, 0.5) is 5.69 Å². The molecular formula is C33H26ClNO8. The first-order valence-electron chi connectivity index (χ1n) is 13.2. The molecular weight excluding hydrogens is 574 g/mol. The maximum atomic E-state index is 14.0. The van der Waals surface area contributed by atoms with Gasteiger partial charge in [-0.25, -0.2) is 9.59 Å². The molecule has 4 aromatic rings. The van der Waals surface area contributed by atoms with Crippen LogP contribution in [0.1, 0.15) is 55.5 Å². The molecule has 0 radical (unpaired) electrons. The monoisotopic (exact) mass is 599 g/mol. The van der Waals surface area contributed by atoms with Crippen LogP contribution in [-0.4, -0.2) is 47.2 Å². The van der Waals surface area contributed by atoms with Crippen molar-refractivity contribution in [2.75, 3.05) is 12.0 Å². The van der Waals surface area contributed by atoms with E-state index in [1.54, 1.807) is 67.6 Å². The van der Waals surface area contributed by atoms with Crippen LogP contribution in [0.25, 0.3) is 0 Å². The van der Waals surface area contributed by atoms with E-state index < -0.39 is 41.7 Å². The molecule has 10 heteroatoms. The summed E-state index contributed by atoms with van der Waals surface area (Å²) >= 11 is 6.05. The second kappa shape index (κ2) is 11.6. The lowest BCUT2D eigenvalue weighted by Gasteiger charge is -2.37. The van der Waals surface area contributed by atoms with Crippen LogP contribution >= 0.6 is 11.6 Å². The van der Waals surface area contributed by atoms with E-state index in [0.717, 1.165) is 0 Å². The number of carboxylic acid groups (broad SMARTS) is 2. The number of hydrogen-bond acceptors (Lipinski definition) is 6. The van der Waals surface area contributed by atoms with Crippen LogP contribution in [0.2, 0.25) is 5.02 Å². The Hall–Kier alpha value is -5.15. The van der Waals surface area contributed by atoms with Crippen molar-refractivity contribution in [2.24, 2.45) is 0 Å². The number of amides is 1. The summed E-state index contributed by atoms with van der Waals surface area (Å²) in [5.74, 6) is -3.45. The van der Waals surface area contributed by atoms with Gasteiger partial charge in [-0.2, -0.15) is 0 Å². The number of aromatic carboxylic acids is 1. The number of nitrogens with zero attached hydrogens (tertiary/aromatic N) is 1. The third-order valence-corrected chi connectivity index (χ3v) is 7.98. The van der Waals surface area contributed by atoms with E-state index in [-0.39, 0.29) is 16.9 Å². The van der Waals surface area contributed by atoms with Gasteiger partial charge in [-0.15, -0.1) is 0 Å². The van der Waals surface area contributed by atoms with Gasteiger partial charge < -0.3 is 24.6 Å². The molecule has 0 spiro atoms. The Morgan fingerprint density at radius 2 is 1.51 bits per heavy atom. The van der Waals surface area contributed by atoms with Crippen LogP contribution in [-0.2, 0) is 10.2 Å². The summed E-state index contributed by atoms with van der Waals surface area (Å²) in [5.41, 5.74) is -0.0856. The lowest BCUT2D eigenvalue weighted by molar-refractivity contribution is -0.138. The van der Waals surface area contributed by atoms with Crippen LogP contribution in [0.5, 0.6) is 11.5 Å². The quantitative estimate of drug-likeness (QED) is 0.184. The second-order valence-corrected chi connectivity index (χ2v) is 10.5. The van der Waals surface area contributed by atoms with Crippen molar-refractivity contribution in [1.82, 2.24) is 0 Å². The Morgan fingerprint density at radius 1 is 0.860 bits per heavy atom. The first-order chi connectivity index (χ1) is 20.6. The number of hydrogen-bond donors (Lipinski definition) is 2. The second-order valence-electron chi connectivity index (χ2n) is 10.0. The maximum absolute atomic E-state index is 14.0. The van der Waals surface area contributed by atoms with Gasteiger partial charge >= 0.3 is 17.9 Å². The highest BCUT2D eigenvalue weighted by Gasteiger charge is 2.54. The number of aliphatic carboxylic acids is 1. The molecule has 9 nitrogen and oxygen atoms in total. The van der Waals surface area contributed by atoms with E-state index in [4.69, 9.17) is 21.1 Å². The third kappa shape index (κ3) is 5.19. The third-order valence-electron chi connectivity index (χ3n) is 7.73. The Kier molecular flexibility index (Phi) is 7.93. The fourth-order valence-electron chi connectivity index (χ4n) is 5.76. The predicted molar refractivity (Wildman–Crippen MR) is 159 cm³/mol. The van der Waals surface area contributed by atoms with Gasteiger partial charge in [-0.3, -0.25) is 9.59 Å². The maximum Gasteiger partial charge on any atom is 0.343 e. The molecule has 1 amide bonds. The van der Waals surface area contributed by atoms with Crippen molar-refractivity contribution in [3.05, 3.63) is 124 Å². The first kappa shape index (κ1) is 29.3. The average molecular weight is 600 g/mol. The van der Waals surface area contributed by atoms with E-state index >= 15 is 0 Å². The number of anilines is 1. The van der Waals surface area contributed by atoms with E-state index in [0.29, 0.717) is 33.1 Å². The smallest absolute Gasteiger partial charge is 0.343 e. The zero-order chi connectivity index (χ0) is 30.9. The van der Waals surface area contributed by atoms with Crippen LogP contribution in [0.3, 0.4) is 0 Å². The minimum absolute atomic E-state index is 0.0188. The van der Waals surface area contributed by atoms with Gasteiger partial charge in [0.05, 0.1) is 24.5 Å². The van der Waals surface area contributed by atoms with Crippen molar-refractivity contribution in [1.29, 1.82) is 0 Å². The lowest BCUT2D eigenvalue weighted by Crippen LogP contribution is -2.48. The zero-order valence-electron chi connectivity index (χ0n) is 23.1. The zero-order valence-corrected chi connectivity index (χ0v) is 23.9. The number of carbonyl (C=O) groups excluding carboxylic acids is 2. The van der Waals surface area contributed by atoms with E-state index in [1.807, 2.05) is 0 Å². The molecule has 0 aliphatic carbocycles.